The summed E-state index contributed by atoms with van der Waals surface area (Å²) in [6.07, 6.45) is 4.63. The van der Waals surface area contributed by atoms with Crippen LogP contribution in [0.1, 0.15) is 40.8 Å². The van der Waals surface area contributed by atoms with Crippen molar-refractivity contribution >= 4 is 17.7 Å². The molecule has 0 bridgehead atoms. The van der Waals surface area contributed by atoms with E-state index >= 15 is 0 Å². The van der Waals surface area contributed by atoms with Gasteiger partial charge in [0.15, 0.2) is 0 Å². The minimum absolute atomic E-state index is 0.0272. The van der Waals surface area contributed by atoms with E-state index < -0.39 is 5.97 Å². The molecule has 1 aliphatic heterocycles. The number of aryl methyl sites for hydroxylation is 1. The number of carbonyl (C=O) groups is 1. The summed E-state index contributed by atoms with van der Waals surface area (Å²) in [7, 11) is 0. The molecule has 4 heteroatoms. The Morgan fingerprint density at radius 2 is 1.80 bits per heavy atom. The first-order valence-electron chi connectivity index (χ1n) is 10.2. The van der Waals surface area contributed by atoms with Crippen LogP contribution < -0.4 is 4.90 Å². The molecular weight excluding hydrogens is 374 g/mol. The molecule has 0 aliphatic carbocycles. The van der Waals surface area contributed by atoms with Crippen LogP contribution in [0.2, 0.25) is 0 Å². The van der Waals surface area contributed by atoms with Gasteiger partial charge in [-0.25, -0.2) is 4.79 Å². The van der Waals surface area contributed by atoms with Gasteiger partial charge in [-0.05, 0) is 71.0 Å². The van der Waals surface area contributed by atoms with Gasteiger partial charge in [0.05, 0.1) is 6.04 Å². The summed E-state index contributed by atoms with van der Waals surface area (Å²) in [5.41, 5.74) is 6.82. The summed E-state index contributed by atoms with van der Waals surface area (Å²) in [5, 5.41) is 18.8. The largest absolute Gasteiger partial charge is 0.508 e. The fraction of sp³-hybridized carbons (Fsp3) is 0.192. The molecule has 0 saturated heterocycles. The minimum Gasteiger partial charge on any atom is -0.508 e. The van der Waals surface area contributed by atoms with Crippen molar-refractivity contribution in [1.29, 1.82) is 0 Å². The number of phenolic OH excluding ortho intramolecular Hbond substituents is 1. The molecule has 1 heterocycles. The third-order valence-corrected chi connectivity index (χ3v) is 5.70. The van der Waals surface area contributed by atoms with E-state index in [1.807, 2.05) is 24.3 Å². The first-order valence-corrected chi connectivity index (χ1v) is 10.2. The molecule has 0 saturated carbocycles. The molecular formula is C26H25NO3. The van der Waals surface area contributed by atoms with E-state index in [1.165, 1.54) is 16.8 Å². The maximum Gasteiger partial charge on any atom is 0.328 e. The molecule has 1 atom stereocenters. The number of phenols is 1. The van der Waals surface area contributed by atoms with Gasteiger partial charge in [0.1, 0.15) is 5.75 Å². The fourth-order valence-corrected chi connectivity index (χ4v) is 4.13. The van der Waals surface area contributed by atoms with Gasteiger partial charge in [0, 0.05) is 18.3 Å². The van der Waals surface area contributed by atoms with E-state index in [9.17, 15) is 9.90 Å². The second-order valence-electron chi connectivity index (χ2n) is 7.59. The maximum atomic E-state index is 10.8. The second-order valence-corrected chi connectivity index (χ2v) is 7.59. The third-order valence-electron chi connectivity index (χ3n) is 5.70. The monoisotopic (exact) mass is 399 g/mol. The van der Waals surface area contributed by atoms with Gasteiger partial charge in [0.2, 0.25) is 0 Å². The van der Waals surface area contributed by atoms with Crippen molar-refractivity contribution < 1.29 is 15.0 Å². The Bertz CT molecular complexity index is 1070. The van der Waals surface area contributed by atoms with Crippen molar-refractivity contribution in [3.63, 3.8) is 0 Å². The Labute approximate surface area is 176 Å². The van der Waals surface area contributed by atoms with Crippen LogP contribution in [0.15, 0.2) is 72.8 Å². The average Bonchev–Trinajstić information content (AvgIpc) is 2.77. The van der Waals surface area contributed by atoms with E-state index in [4.69, 9.17) is 5.11 Å². The van der Waals surface area contributed by atoms with Crippen molar-refractivity contribution in [3.8, 4) is 5.75 Å². The standard InChI is InChI=1S/C26H25NO3/c1-2-18-5-10-22(11-6-18)27-16-15-21-17-23(28)12-13-24(21)26(27)20-8-3-19(4-9-20)7-14-25(29)30/h3-14,17,26,28H,2,15-16H2,1H3,(H,29,30). The number of carboxylic acids is 1. The van der Waals surface area contributed by atoms with E-state index in [0.29, 0.717) is 5.75 Å². The van der Waals surface area contributed by atoms with Crippen LogP contribution >= 0.6 is 0 Å². The molecule has 1 unspecified atom stereocenters. The molecule has 1 aliphatic rings. The van der Waals surface area contributed by atoms with Crippen LogP contribution in [-0.2, 0) is 17.6 Å². The SMILES string of the molecule is CCc1ccc(N2CCc3cc(O)ccc3C2c2ccc(C=CC(=O)O)cc2)cc1. The van der Waals surface area contributed by atoms with Gasteiger partial charge in [-0.2, -0.15) is 0 Å². The number of nitrogens with zero attached hydrogens (tertiary/aromatic N) is 1. The number of carboxylic acid groups (broad SMARTS) is 1. The Kier molecular flexibility index (Phi) is 5.57. The van der Waals surface area contributed by atoms with Crippen molar-refractivity contribution in [3.05, 3.63) is 101 Å². The lowest BCUT2D eigenvalue weighted by Crippen LogP contribution is -2.36. The molecule has 30 heavy (non-hydrogen) atoms. The zero-order valence-electron chi connectivity index (χ0n) is 17.0. The molecule has 4 nitrogen and oxygen atoms in total. The molecule has 0 aromatic heterocycles. The summed E-state index contributed by atoms with van der Waals surface area (Å²) in [6, 6.07) is 22.4. The maximum absolute atomic E-state index is 10.8. The summed E-state index contributed by atoms with van der Waals surface area (Å²) < 4.78 is 0. The lowest BCUT2D eigenvalue weighted by molar-refractivity contribution is -0.131. The van der Waals surface area contributed by atoms with Crippen LogP contribution in [0, 0.1) is 0 Å². The van der Waals surface area contributed by atoms with Crippen LogP contribution in [-0.4, -0.2) is 22.7 Å². The van der Waals surface area contributed by atoms with Crippen molar-refractivity contribution in [2.45, 2.75) is 25.8 Å². The van der Waals surface area contributed by atoms with Gasteiger partial charge >= 0.3 is 5.97 Å². The zero-order chi connectivity index (χ0) is 21.1. The highest BCUT2D eigenvalue weighted by Gasteiger charge is 2.29. The van der Waals surface area contributed by atoms with E-state index in [2.05, 4.69) is 48.2 Å². The van der Waals surface area contributed by atoms with Gasteiger partial charge < -0.3 is 15.1 Å². The first-order chi connectivity index (χ1) is 14.5. The zero-order valence-corrected chi connectivity index (χ0v) is 17.0. The number of anilines is 1. The second kappa shape index (κ2) is 8.46. The van der Waals surface area contributed by atoms with Crippen molar-refractivity contribution in [2.75, 3.05) is 11.4 Å². The number of fused-ring (bicyclic) bond motifs is 1. The molecule has 4 rings (SSSR count). The molecule has 3 aromatic carbocycles. The Balaban J connectivity index is 1.75. The topological polar surface area (TPSA) is 60.8 Å². The number of benzene rings is 3. The quantitative estimate of drug-likeness (QED) is 0.579. The normalized spacial score (nSPS) is 15.9. The van der Waals surface area contributed by atoms with Gasteiger partial charge in [-0.15, -0.1) is 0 Å². The molecule has 0 radical (unpaired) electrons. The average molecular weight is 399 g/mol. The lowest BCUT2D eigenvalue weighted by Gasteiger charge is -2.39. The minimum atomic E-state index is -0.957. The summed E-state index contributed by atoms with van der Waals surface area (Å²) >= 11 is 0. The fourth-order valence-electron chi connectivity index (χ4n) is 4.13. The molecule has 0 fully saturated rings. The summed E-state index contributed by atoms with van der Waals surface area (Å²) in [5.74, 6) is -0.663. The highest BCUT2D eigenvalue weighted by Crippen LogP contribution is 2.39. The van der Waals surface area contributed by atoms with Crippen LogP contribution in [0.4, 0.5) is 5.69 Å². The predicted molar refractivity (Wildman–Crippen MR) is 120 cm³/mol. The number of aliphatic carboxylic acids is 1. The predicted octanol–water partition coefficient (Wildman–Crippen LogP) is 5.20. The van der Waals surface area contributed by atoms with Crippen LogP contribution in [0.3, 0.4) is 0 Å². The van der Waals surface area contributed by atoms with Crippen molar-refractivity contribution in [1.82, 2.24) is 0 Å². The lowest BCUT2D eigenvalue weighted by atomic mass is 9.87. The highest BCUT2D eigenvalue weighted by atomic mass is 16.4. The Hall–Kier alpha value is -3.53. The number of hydrogen-bond donors (Lipinski definition) is 2. The van der Waals surface area contributed by atoms with Gasteiger partial charge in [-0.3, -0.25) is 0 Å². The molecule has 0 amide bonds. The van der Waals surface area contributed by atoms with Gasteiger partial charge in [0.25, 0.3) is 0 Å². The summed E-state index contributed by atoms with van der Waals surface area (Å²) in [6.45, 7) is 3.01. The Morgan fingerprint density at radius 1 is 1.07 bits per heavy atom. The smallest absolute Gasteiger partial charge is 0.328 e. The van der Waals surface area contributed by atoms with Crippen molar-refractivity contribution in [2.24, 2.45) is 0 Å². The molecule has 2 N–H and O–H groups in total. The van der Waals surface area contributed by atoms with E-state index in [1.54, 1.807) is 12.1 Å². The number of rotatable bonds is 5. The third kappa shape index (κ3) is 4.08. The highest BCUT2D eigenvalue weighted by molar-refractivity contribution is 5.85. The Morgan fingerprint density at radius 3 is 2.47 bits per heavy atom. The number of hydrogen-bond acceptors (Lipinski definition) is 3. The number of aromatic hydroxyl groups is 1. The van der Waals surface area contributed by atoms with E-state index in [-0.39, 0.29) is 6.04 Å². The first kappa shape index (κ1) is 19.8. The van der Waals surface area contributed by atoms with E-state index in [0.717, 1.165) is 42.2 Å². The van der Waals surface area contributed by atoms with Gasteiger partial charge in [-0.1, -0.05) is 49.4 Å². The molecule has 3 aromatic rings. The summed E-state index contributed by atoms with van der Waals surface area (Å²) in [4.78, 5) is 13.2. The molecule has 0 spiro atoms. The van der Waals surface area contributed by atoms with Crippen LogP contribution in [0.5, 0.6) is 5.75 Å². The molecule has 152 valence electrons. The van der Waals surface area contributed by atoms with Crippen LogP contribution in [0.25, 0.3) is 6.08 Å².